The fourth-order valence-electron chi connectivity index (χ4n) is 3.05. The van der Waals surface area contributed by atoms with Crippen LogP contribution in [0, 0.1) is 36.5 Å². The van der Waals surface area contributed by atoms with Gasteiger partial charge in [-0.3, -0.25) is 14.0 Å². The molecule has 2 aromatic heterocycles. The van der Waals surface area contributed by atoms with E-state index < -0.39 is 0 Å². The van der Waals surface area contributed by atoms with Gasteiger partial charge in [0.25, 0.3) is 5.56 Å². The molecule has 1 aromatic carbocycles. The third-order valence-electron chi connectivity index (χ3n) is 4.68. The van der Waals surface area contributed by atoms with Gasteiger partial charge in [0.15, 0.2) is 5.57 Å². The number of nitrogens with zero attached hydrogens (tertiary/aromatic N) is 5. The molecule has 0 bridgehead atoms. The van der Waals surface area contributed by atoms with E-state index in [0.717, 1.165) is 40.3 Å². The summed E-state index contributed by atoms with van der Waals surface area (Å²) in [6.07, 6.45) is 2.61. The van der Waals surface area contributed by atoms with Gasteiger partial charge in [-0.2, -0.15) is 15.6 Å². The lowest BCUT2D eigenvalue weighted by atomic mass is 10.1. The molecule has 7 heteroatoms. The first-order valence-corrected chi connectivity index (χ1v) is 9.60. The van der Waals surface area contributed by atoms with Gasteiger partial charge in [0.2, 0.25) is 0 Å². The van der Waals surface area contributed by atoms with Gasteiger partial charge < -0.3 is 0 Å². The van der Waals surface area contributed by atoms with Crippen LogP contribution in [0.2, 0.25) is 0 Å². The van der Waals surface area contributed by atoms with E-state index in [1.54, 1.807) is 10.8 Å². The lowest BCUT2D eigenvalue weighted by molar-refractivity contribution is 0.731. The van der Waals surface area contributed by atoms with Crippen molar-refractivity contribution < 1.29 is 0 Å². The number of hydrogen-bond donors (Lipinski definition) is 0. The van der Waals surface area contributed by atoms with Gasteiger partial charge in [-0.1, -0.05) is 19.1 Å². The van der Waals surface area contributed by atoms with Gasteiger partial charge in [-0.05, 0) is 44.0 Å². The van der Waals surface area contributed by atoms with Gasteiger partial charge in [0.05, 0.1) is 15.9 Å². The average molecular weight is 389 g/mol. The SMILES string of the molecule is CCc1cccc(-n2c(=C(C#N)C#N)s/c(=C/c3c(C)nn(C)c3C)c2=O)c1. The Hall–Kier alpha value is -3.42. The van der Waals surface area contributed by atoms with Crippen molar-refractivity contribution in [2.45, 2.75) is 27.2 Å². The van der Waals surface area contributed by atoms with E-state index in [4.69, 9.17) is 0 Å². The van der Waals surface area contributed by atoms with E-state index in [1.165, 1.54) is 4.57 Å². The van der Waals surface area contributed by atoms with Gasteiger partial charge >= 0.3 is 0 Å². The fraction of sp³-hybridized carbons (Fsp3) is 0.238. The maximum atomic E-state index is 13.2. The molecule has 28 heavy (non-hydrogen) atoms. The van der Waals surface area contributed by atoms with Crippen LogP contribution in [0.3, 0.4) is 0 Å². The fourth-order valence-corrected chi connectivity index (χ4v) is 4.09. The summed E-state index contributed by atoms with van der Waals surface area (Å²) in [4.78, 5) is 13.2. The second-order valence-electron chi connectivity index (χ2n) is 6.39. The third-order valence-corrected chi connectivity index (χ3v) is 5.77. The summed E-state index contributed by atoms with van der Waals surface area (Å²) in [6, 6.07) is 11.4. The quantitative estimate of drug-likeness (QED) is 0.684. The normalized spacial score (nSPS) is 11.3. The number of hydrogen-bond acceptors (Lipinski definition) is 5. The lowest BCUT2D eigenvalue weighted by Gasteiger charge is -2.04. The molecule has 0 saturated heterocycles. The van der Waals surface area contributed by atoms with Crippen LogP contribution < -0.4 is 14.8 Å². The highest BCUT2D eigenvalue weighted by atomic mass is 32.1. The van der Waals surface area contributed by atoms with Crippen LogP contribution in [-0.4, -0.2) is 14.3 Å². The Balaban J connectivity index is 2.43. The Bertz CT molecular complexity index is 1310. The van der Waals surface area contributed by atoms with Crippen LogP contribution in [0.4, 0.5) is 0 Å². The number of aryl methyl sites for hydroxylation is 3. The zero-order chi connectivity index (χ0) is 20.4. The second kappa shape index (κ2) is 7.67. The molecule has 0 spiro atoms. The van der Waals surface area contributed by atoms with Crippen molar-refractivity contribution in [3.8, 4) is 17.8 Å². The van der Waals surface area contributed by atoms with E-state index in [-0.39, 0.29) is 11.1 Å². The molecule has 3 rings (SSSR count). The third kappa shape index (κ3) is 3.28. The van der Waals surface area contributed by atoms with E-state index in [2.05, 4.69) is 5.10 Å². The molecule has 0 atom stereocenters. The minimum Gasteiger partial charge on any atom is -0.272 e. The minimum atomic E-state index is -0.251. The van der Waals surface area contributed by atoms with Crippen molar-refractivity contribution in [3.63, 3.8) is 0 Å². The van der Waals surface area contributed by atoms with E-state index in [1.807, 2.05) is 64.2 Å². The number of thiazole rings is 1. The molecule has 0 aliphatic carbocycles. The predicted molar refractivity (Wildman–Crippen MR) is 109 cm³/mol. The monoisotopic (exact) mass is 389 g/mol. The highest BCUT2D eigenvalue weighted by Crippen LogP contribution is 2.13. The van der Waals surface area contributed by atoms with Crippen LogP contribution in [0.1, 0.15) is 29.4 Å². The van der Waals surface area contributed by atoms with E-state index in [0.29, 0.717) is 14.9 Å². The number of rotatable bonds is 3. The lowest BCUT2D eigenvalue weighted by Crippen LogP contribution is -2.30. The summed E-state index contributed by atoms with van der Waals surface area (Å²) in [7, 11) is 1.85. The highest BCUT2D eigenvalue weighted by Gasteiger charge is 2.13. The van der Waals surface area contributed by atoms with Crippen molar-refractivity contribution in [1.82, 2.24) is 14.3 Å². The molecular formula is C21H19N5OS. The topological polar surface area (TPSA) is 87.4 Å². The Morgan fingerprint density at radius 1 is 1.29 bits per heavy atom. The summed E-state index contributed by atoms with van der Waals surface area (Å²) in [6.45, 7) is 5.86. The molecule has 0 amide bonds. The zero-order valence-electron chi connectivity index (χ0n) is 16.1. The second-order valence-corrected chi connectivity index (χ2v) is 7.42. The van der Waals surface area contributed by atoms with Crippen molar-refractivity contribution in [2.24, 2.45) is 7.05 Å². The van der Waals surface area contributed by atoms with Crippen LogP contribution in [0.15, 0.2) is 29.1 Å². The first kappa shape index (κ1) is 19.3. The molecule has 0 aliphatic rings. The molecule has 3 aromatic rings. The molecule has 0 saturated carbocycles. The van der Waals surface area contributed by atoms with Crippen molar-refractivity contribution in [2.75, 3.05) is 0 Å². The molecule has 0 fully saturated rings. The van der Waals surface area contributed by atoms with E-state index in [9.17, 15) is 15.3 Å². The smallest absolute Gasteiger partial charge is 0.272 e. The molecule has 0 radical (unpaired) electrons. The number of benzene rings is 1. The molecule has 140 valence electrons. The van der Waals surface area contributed by atoms with Crippen LogP contribution in [-0.2, 0) is 13.5 Å². The molecule has 0 unspecified atom stereocenters. The van der Waals surface area contributed by atoms with Crippen molar-refractivity contribution in [1.29, 1.82) is 10.5 Å². The predicted octanol–water partition coefficient (Wildman–Crippen LogP) is 1.84. The Morgan fingerprint density at radius 2 is 2.00 bits per heavy atom. The Labute approximate surface area is 166 Å². The molecule has 2 heterocycles. The summed E-state index contributed by atoms with van der Waals surface area (Å²) in [5, 5.41) is 23.2. The molecule has 0 N–H and O–H groups in total. The van der Waals surface area contributed by atoms with Crippen molar-refractivity contribution in [3.05, 3.63) is 66.3 Å². The van der Waals surface area contributed by atoms with E-state index >= 15 is 0 Å². The maximum absolute atomic E-state index is 13.2. The minimum absolute atomic E-state index is 0.0803. The summed E-state index contributed by atoms with van der Waals surface area (Å²) >= 11 is 1.15. The summed E-state index contributed by atoms with van der Waals surface area (Å²) in [5.74, 6) is 0. The largest absolute Gasteiger partial charge is 0.273 e. The van der Waals surface area contributed by atoms with Crippen LogP contribution >= 0.6 is 11.3 Å². The van der Waals surface area contributed by atoms with Gasteiger partial charge in [-0.15, -0.1) is 11.3 Å². The molecule has 6 nitrogen and oxygen atoms in total. The molecular weight excluding hydrogens is 370 g/mol. The zero-order valence-corrected chi connectivity index (χ0v) is 17.0. The maximum Gasteiger partial charge on any atom is 0.273 e. The first-order chi connectivity index (χ1) is 13.4. The first-order valence-electron chi connectivity index (χ1n) is 8.78. The van der Waals surface area contributed by atoms with Crippen LogP contribution in [0.5, 0.6) is 0 Å². The molecule has 0 aliphatic heterocycles. The van der Waals surface area contributed by atoms with Gasteiger partial charge in [-0.25, -0.2) is 0 Å². The number of aromatic nitrogens is 3. The Morgan fingerprint density at radius 3 is 2.57 bits per heavy atom. The standard InChI is InChI=1S/C21H19N5OS/c1-5-15-7-6-8-17(9-15)26-20(27)19(28-21(26)16(11-22)12-23)10-18-13(2)24-25(4)14(18)3/h6-10H,5H2,1-4H3/b19-10+. The van der Waals surface area contributed by atoms with Crippen molar-refractivity contribution >= 4 is 23.0 Å². The highest BCUT2D eigenvalue weighted by molar-refractivity contribution is 7.07. The van der Waals surface area contributed by atoms with Gasteiger partial charge in [0, 0.05) is 18.3 Å². The average Bonchev–Trinajstić information content (AvgIpc) is 3.14. The number of nitriles is 2. The summed E-state index contributed by atoms with van der Waals surface area (Å²) in [5.41, 5.74) is 4.02. The Kier molecular flexibility index (Phi) is 5.30. The van der Waals surface area contributed by atoms with Gasteiger partial charge in [0.1, 0.15) is 16.8 Å². The van der Waals surface area contributed by atoms with Crippen LogP contribution in [0.25, 0.3) is 17.3 Å². The summed E-state index contributed by atoms with van der Waals surface area (Å²) < 4.78 is 4.02.